The fraction of sp³-hybridized carbons (Fsp3) is 0.385. The molecule has 1 aromatic rings. The van der Waals surface area contributed by atoms with Gasteiger partial charge >= 0.3 is 0 Å². The first-order chi connectivity index (χ1) is 7.72. The molecular weight excluding hydrogens is 222 g/mol. The first-order valence-corrected chi connectivity index (χ1v) is 5.82. The summed E-state index contributed by atoms with van der Waals surface area (Å²) in [5, 5.41) is 4.05. The zero-order valence-electron chi connectivity index (χ0n) is 9.42. The standard InChI is InChI=1S/C13H16ClNO/c1-9(14)8-15-12-7-6-11-10(12)4-3-5-13(11)16-2/h3-5,12,15H,1,6-8H2,2H3. The third kappa shape index (κ3) is 2.23. The Bertz CT molecular complexity index is 403. The molecule has 0 bridgehead atoms. The van der Waals surface area contributed by atoms with Gasteiger partial charge in [-0.3, -0.25) is 0 Å². The largest absolute Gasteiger partial charge is 0.496 e. The maximum atomic E-state index is 5.76. The molecule has 0 spiro atoms. The molecule has 1 aliphatic rings. The summed E-state index contributed by atoms with van der Waals surface area (Å²) in [6.07, 6.45) is 2.16. The Kier molecular flexibility index (Phi) is 3.52. The Morgan fingerprint density at radius 2 is 2.44 bits per heavy atom. The molecule has 0 aromatic heterocycles. The lowest BCUT2D eigenvalue weighted by Crippen LogP contribution is -2.20. The maximum absolute atomic E-state index is 5.76. The molecule has 16 heavy (non-hydrogen) atoms. The van der Waals surface area contributed by atoms with Gasteiger partial charge in [-0.1, -0.05) is 30.3 Å². The second-order valence-corrected chi connectivity index (χ2v) is 4.55. The second-order valence-electron chi connectivity index (χ2n) is 4.02. The molecule has 86 valence electrons. The second kappa shape index (κ2) is 4.89. The monoisotopic (exact) mass is 237 g/mol. The van der Waals surface area contributed by atoms with Crippen LogP contribution in [0.3, 0.4) is 0 Å². The minimum absolute atomic E-state index is 0.376. The minimum atomic E-state index is 0.376. The number of fused-ring (bicyclic) bond motifs is 1. The number of benzene rings is 1. The van der Waals surface area contributed by atoms with Crippen molar-refractivity contribution in [2.24, 2.45) is 0 Å². The van der Waals surface area contributed by atoms with Gasteiger partial charge in [-0.25, -0.2) is 0 Å². The van der Waals surface area contributed by atoms with Gasteiger partial charge in [0.1, 0.15) is 5.75 Å². The molecule has 0 radical (unpaired) electrons. The van der Waals surface area contributed by atoms with Gasteiger partial charge in [0.05, 0.1) is 7.11 Å². The summed E-state index contributed by atoms with van der Waals surface area (Å²) in [6.45, 7) is 4.34. The number of halogens is 1. The van der Waals surface area contributed by atoms with Crippen molar-refractivity contribution < 1.29 is 4.74 Å². The van der Waals surface area contributed by atoms with E-state index in [0.29, 0.717) is 17.6 Å². The molecule has 2 rings (SSSR count). The van der Waals surface area contributed by atoms with Gasteiger partial charge in [0.2, 0.25) is 0 Å². The number of hydrogen-bond donors (Lipinski definition) is 1. The average Bonchev–Trinajstić information content (AvgIpc) is 2.69. The maximum Gasteiger partial charge on any atom is 0.122 e. The van der Waals surface area contributed by atoms with Gasteiger partial charge in [-0.15, -0.1) is 0 Å². The van der Waals surface area contributed by atoms with E-state index in [2.05, 4.69) is 18.0 Å². The van der Waals surface area contributed by atoms with E-state index in [1.807, 2.05) is 12.1 Å². The van der Waals surface area contributed by atoms with Crippen LogP contribution in [0.2, 0.25) is 0 Å². The molecule has 0 saturated carbocycles. The fourth-order valence-electron chi connectivity index (χ4n) is 2.26. The van der Waals surface area contributed by atoms with Gasteiger partial charge in [-0.05, 0) is 30.0 Å². The van der Waals surface area contributed by atoms with E-state index < -0.39 is 0 Å². The topological polar surface area (TPSA) is 21.3 Å². The van der Waals surface area contributed by atoms with Gasteiger partial charge in [-0.2, -0.15) is 0 Å². The highest BCUT2D eigenvalue weighted by atomic mass is 35.5. The summed E-state index contributed by atoms with van der Waals surface area (Å²) in [7, 11) is 1.72. The van der Waals surface area contributed by atoms with Crippen LogP contribution >= 0.6 is 11.6 Å². The molecule has 0 amide bonds. The van der Waals surface area contributed by atoms with Crippen molar-refractivity contribution in [3.05, 3.63) is 40.9 Å². The van der Waals surface area contributed by atoms with Crippen LogP contribution in [0.5, 0.6) is 5.75 Å². The lowest BCUT2D eigenvalue weighted by Gasteiger charge is -2.14. The normalized spacial score (nSPS) is 18.2. The highest BCUT2D eigenvalue weighted by Crippen LogP contribution is 2.36. The van der Waals surface area contributed by atoms with E-state index >= 15 is 0 Å². The van der Waals surface area contributed by atoms with E-state index in [9.17, 15) is 0 Å². The van der Waals surface area contributed by atoms with Crippen LogP contribution in [0.15, 0.2) is 29.8 Å². The summed E-state index contributed by atoms with van der Waals surface area (Å²) in [6, 6.07) is 6.58. The number of nitrogens with one attached hydrogen (secondary N) is 1. The molecule has 2 nitrogen and oxygen atoms in total. The zero-order valence-corrected chi connectivity index (χ0v) is 10.2. The van der Waals surface area contributed by atoms with Crippen molar-refractivity contribution in [3.8, 4) is 5.75 Å². The van der Waals surface area contributed by atoms with Crippen LogP contribution < -0.4 is 10.1 Å². The number of ether oxygens (including phenoxy) is 1. The summed E-state index contributed by atoms with van der Waals surface area (Å²) in [5.74, 6) is 0.992. The Morgan fingerprint density at radius 3 is 3.12 bits per heavy atom. The first kappa shape index (κ1) is 11.5. The molecule has 3 heteroatoms. The number of rotatable bonds is 4. The minimum Gasteiger partial charge on any atom is -0.496 e. The third-order valence-corrected chi connectivity index (χ3v) is 3.12. The Labute approximate surface area is 101 Å². The van der Waals surface area contributed by atoms with Crippen LogP contribution in [0.4, 0.5) is 0 Å². The van der Waals surface area contributed by atoms with E-state index in [-0.39, 0.29) is 0 Å². The molecule has 0 fully saturated rings. The predicted molar refractivity (Wildman–Crippen MR) is 67.1 cm³/mol. The average molecular weight is 238 g/mol. The summed E-state index contributed by atoms with van der Waals surface area (Å²) < 4.78 is 5.36. The van der Waals surface area contributed by atoms with E-state index in [4.69, 9.17) is 16.3 Å². The van der Waals surface area contributed by atoms with E-state index in [1.165, 1.54) is 11.1 Å². The molecule has 0 aliphatic heterocycles. The molecule has 1 unspecified atom stereocenters. The SMILES string of the molecule is C=C(Cl)CNC1CCc2c(OC)cccc21. The summed E-state index contributed by atoms with van der Waals surface area (Å²) in [4.78, 5) is 0. The van der Waals surface area contributed by atoms with Gasteiger partial charge in [0.15, 0.2) is 0 Å². The number of hydrogen-bond acceptors (Lipinski definition) is 2. The van der Waals surface area contributed by atoms with Crippen LogP contribution in [-0.4, -0.2) is 13.7 Å². The van der Waals surface area contributed by atoms with Crippen molar-refractivity contribution in [3.63, 3.8) is 0 Å². The molecule has 0 saturated heterocycles. The van der Waals surface area contributed by atoms with Crippen LogP contribution in [0.25, 0.3) is 0 Å². The summed E-state index contributed by atoms with van der Waals surface area (Å²) in [5.41, 5.74) is 2.65. The highest BCUT2D eigenvalue weighted by molar-refractivity contribution is 6.29. The molecule has 1 aromatic carbocycles. The predicted octanol–water partition coefficient (Wildman–Crippen LogP) is 3.02. The Hall–Kier alpha value is -0.990. The van der Waals surface area contributed by atoms with Crippen LogP contribution in [0, 0.1) is 0 Å². The third-order valence-electron chi connectivity index (χ3n) is 2.99. The van der Waals surface area contributed by atoms with Crippen LogP contribution in [0.1, 0.15) is 23.6 Å². The van der Waals surface area contributed by atoms with Crippen molar-refractivity contribution in [2.45, 2.75) is 18.9 Å². The van der Waals surface area contributed by atoms with E-state index in [1.54, 1.807) is 7.11 Å². The van der Waals surface area contributed by atoms with Crippen molar-refractivity contribution in [1.82, 2.24) is 5.32 Å². The molecule has 0 heterocycles. The fourth-order valence-corrected chi connectivity index (χ4v) is 2.34. The quantitative estimate of drug-likeness (QED) is 0.869. The van der Waals surface area contributed by atoms with Crippen molar-refractivity contribution >= 4 is 11.6 Å². The zero-order chi connectivity index (χ0) is 11.5. The van der Waals surface area contributed by atoms with E-state index in [0.717, 1.165) is 18.6 Å². The van der Waals surface area contributed by atoms with Crippen molar-refractivity contribution in [1.29, 1.82) is 0 Å². The lowest BCUT2D eigenvalue weighted by atomic mass is 10.1. The highest BCUT2D eigenvalue weighted by Gasteiger charge is 2.24. The van der Waals surface area contributed by atoms with Gasteiger partial charge in [0.25, 0.3) is 0 Å². The molecule has 1 atom stereocenters. The summed E-state index contributed by atoms with van der Waals surface area (Å²) >= 11 is 5.76. The Balaban J connectivity index is 2.16. The van der Waals surface area contributed by atoms with Gasteiger partial charge < -0.3 is 10.1 Å². The molecular formula is C13H16ClNO. The van der Waals surface area contributed by atoms with Crippen LogP contribution in [-0.2, 0) is 6.42 Å². The molecule has 1 aliphatic carbocycles. The molecule has 1 N–H and O–H groups in total. The van der Waals surface area contributed by atoms with Crippen molar-refractivity contribution in [2.75, 3.05) is 13.7 Å². The lowest BCUT2D eigenvalue weighted by molar-refractivity contribution is 0.410. The smallest absolute Gasteiger partial charge is 0.122 e. The Morgan fingerprint density at radius 1 is 1.62 bits per heavy atom. The first-order valence-electron chi connectivity index (χ1n) is 5.45. The number of methoxy groups -OCH3 is 1. The van der Waals surface area contributed by atoms with Gasteiger partial charge in [0, 0.05) is 17.6 Å².